The summed E-state index contributed by atoms with van der Waals surface area (Å²) in [5.74, 6) is 0.0185. The van der Waals surface area contributed by atoms with Crippen LogP contribution in [0, 0.1) is 13.8 Å². The molecule has 3 heterocycles. The second kappa shape index (κ2) is 11.8. The molecular weight excluding hydrogens is 456 g/mol. The van der Waals surface area contributed by atoms with Gasteiger partial charge in [0.15, 0.2) is 0 Å². The fourth-order valence-corrected chi connectivity index (χ4v) is 5.19. The van der Waals surface area contributed by atoms with Crippen LogP contribution in [-0.4, -0.2) is 83.5 Å². The Hall–Kier alpha value is -3.07. The lowest BCUT2D eigenvalue weighted by molar-refractivity contribution is 0.0570. The fourth-order valence-electron chi connectivity index (χ4n) is 5.19. The van der Waals surface area contributed by atoms with Gasteiger partial charge in [0.2, 0.25) is 0 Å². The lowest BCUT2D eigenvalue weighted by Crippen LogP contribution is -2.50. The molecule has 2 aromatic rings. The van der Waals surface area contributed by atoms with Crippen LogP contribution in [0.25, 0.3) is 0 Å². The van der Waals surface area contributed by atoms with Gasteiger partial charge in [-0.2, -0.15) is 5.10 Å². The largest absolute Gasteiger partial charge is 0.450 e. The number of anilines is 1. The molecule has 0 aliphatic carbocycles. The van der Waals surface area contributed by atoms with E-state index >= 15 is 0 Å². The van der Waals surface area contributed by atoms with Crippen LogP contribution in [0.15, 0.2) is 24.3 Å². The maximum Gasteiger partial charge on any atom is 0.409 e. The number of aromatic nitrogens is 2. The average molecular weight is 497 g/mol. The number of nitrogens with one attached hydrogen (secondary N) is 1. The number of nitrogens with zero attached hydrogens (tertiary/aromatic N) is 5. The van der Waals surface area contributed by atoms with Gasteiger partial charge in [0.05, 0.1) is 12.3 Å². The van der Waals surface area contributed by atoms with Crippen molar-refractivity contribution in [1.82, 2.24) is 24.9 Å². The molecule has 2 aliphatic rings. The maximum absolute atomic E-state index is 13.0. The topological polar surface area (TPSA) is 82.9 Å². The second-order valence-electron chi connectivity index (χ2n) is 9.63. The van der Waals surface area contributed by atoms with Crippen molar-refractivity contribution < 1.29 is 14.3 Å². The van der Waals surface area contributed by atoms with Crippen LogP contribution in [0.5, 0.6) is 0 Å². The summed E-state index contributed by atoms with van der Waals surface area (Å²) in [6, 6.07) is 8.47. The average Bonchev–Trinajstić information content (AvgIpc) is 3.19. The number of rotatable bonds is 7. The van der Waals surface area contributed by atoms with Crippen LogP contribution in [0.2, 0.25) is 0 Å². The number of piperazine rings is 1. The van der Waals surface area contributed by atoms with E-state index in [0.29, 0.717) is 44.4 Å². The van der Waals surface area contributed by atoms with E-state index in [2.05, 4.69) is 52.9 Å². The standard InChI is InChI=1S/C27H40N6O3/c1-5-33-21(4)25(20(3)29-33)19-28-23-11-13-30(14-12-23)24-9-7-22(8-10-24)26(34)31-15-17-32(18-16-31)27(35)36-6-2/h7-10,23,28H,5-6,11-19H2,1-4H3. The Kier molecular flexibility index (Phi) is 8.51. The number of amides is 2. The van der Waals surface area contributed by atoms with E-state index in [1.54, 1.807) is 11.8 Å². The number of ether oxygens (including phenoxy) is 1. The number of benzene rings is 1. The van der Waals surface area contributed by atoms with E-state index in [9.17, 15) is 9.59 Å². The van der Waals surface area contributed by atoms with E-state index in [4.69, 9.17) is 4.74 Å². The van der Waals surface area contributed by atoms with Crippen LogP contribution in [0.4, 0.5) is 10.5 Å². The molecule has 0 saturated carbocycles. The molecule has 1 aromatic carbocycles. The zero-order chi connectivity index (χ0) is 25.7. The molecule has 2 fully saturated rings. The Balaban J connectivity index is 1.24. The van der Waals surface area contributed by atoms with E-state index in [1.807, 2.05) is 17.0 Å². The Bertz CT molecular complexity index is 1030. The molecule has 9 heteroatoms. The molecule has 0 radical (unpaired) electrons. The van der Waals surface area contributed by atoms with Crippen molar-refractivity contribution in [2.45, 2.75) is 59.7 Å². The van der Waals surface area contributed by atoms with Gasteiger partial charge < -0.3 is 24.8 Å². The molecule has 196 valence electrons. The summed E-state index contributed by atoms with van der Waals surface area (Å²) in [7, 11) is 0. The third kappa shape index (κ3) is 5.83. The molecule has 1 N–H and O–H groups in total. The molecule has 4 rings (SSSR count). The molecule has 2 amide bonds. The highest BCUT2D eigenvalue weighted by Crippen LogP contribution is 2.22. The van der Waals surface area contributed by atoms with Crippen LogP contribution in [0.1, 0.15) is 54.0 Å². The van der Waals surface area contributed by atoms with Crippen molar-refractivity contribution in [2.24, 2.45) is 0 Å². The molecule has 0 atom stereocenters. The Labute approximate surface area is 214 Å². The van der Waals surface area contributed by atoms with Crippen molar-refractivity contribution in [3.05, 3.63) is 46.8 Å². The van der Waals surface area contributed by atoms with Crippen molar-refractivity contribution in [2.75, 3.05) is 50.8 Å². The first-order valence-electron chi connectivity index (χ1n) is 13.2. The first-order valence-corrected chi connectivity index (χ1v) is 13.2. The fraction of sp³-hybridized carbons (Fsp3) is 0.593. The van der Waals surface area contributed by atoms with E-state index in [-0.39, 0.29) is 12.0 Å². The van der Waals surface area contributed by atoms with Gasteiger partial charge >= 0.3 is 6.09 Å². The molecule has 9 nitrogen and oxygen atoms in total. The van der Waals surface area contributed by atoms with Crippen molar-refractivity contribution in [3.8, 4) is 0 Å². The Morgan fingerprint density at radius 2 is 1.61 bits per heavy atom. The van der Waals surface area contributed by atoms with Crippen molar-refractivity contribution in [3.63, 3.8) is 0 Å². The number of carbonyl (C=O) groups excluding carboxylic acids is 2. The molecule has 0 spiro atoms. The second-order valence-corrected chi connectivity index (χ2v) is 9.63. The minimum absolute atomic E-state index is 0.0185. The zero-order valence-electron chi connectivity index (χ0n) is 22.1. The number of aryl methyl sites for hydroxylation is 2. The van der Waals surface area contributed by atoms with Crippen LogP contribution < -0.4 is 10.2 Å². The van der Waals surface area contributed by atoms with Crippen LogP contribution in [-0.2, 0) is 17.8 Å². The quantitative estimate of drug-likeness (QED) is 0.634. The summed E-state index contributed by atoms with van der Waals surface area (Å²) in [6.07, 6.45) is 1.88. The predicted octanol–water partition coefficient (Wildman–Crippen LogP) is 3.19. The van der Waals surface area contributed by atoms with E-state index < -0.39 is 0 Å². The normalized spacial score (nSPS) is 16.9. The summed E-state index contributed by atoms with van der Waals surface area (Å²) in [4.78, 5) is 30.7. The highest BCUT2D eigenvalue weighted by molar-refractivity contribution is 5.94. The van der Waals surface area contributed by atoms with Gasteiger partial charge in [0, 0.05) is 80.9 Å². The summed E-state index contributed by atoms with van der Waals surface area (Å²) in [6.45, 7) is 14.4. The minimum atomic E-state index is -0.300. The highest BCUT2D eigenvalue weighted by atomic mass is 16.6. The van der Waals surface area contributed by atoms with Gasteiger partial charge in [-0.1, -0.05) is 0 Å². The van der Waals surface area contributed by atoms with Gasteiger partial charge in [0.1, 0.15) is 0 Å². The molecular formula is C27H40N6O3. The number of carbonyl (C=O) groups is 2. The van der Waals surface area contributed by atoms with Crippen LogP contribution >= 0.6 is 0 Å². The van der Waals surface area contributed by atoms with E-state index in [0.717, 1.165) is 50.4 Å². The summed E-state index contributed by atoms with van der Waals surface area (Å²) in [5.41, 5.74) is 5.55. The molecule has 0 unspecified atom stereocenters. The Morgan fingerprint density at radius 3 is 2.19 bits per heavy atom. The number of hydrogen-bond acceptors (Lipinski definition) is 6. The van der Waals surface area contributed by atoms with Gasteiger partial charge in [-0.25, -0.2) is 4.79 Å². The van der Waals surface area contributed by atoms with Crippen molar-refractivity contribution >= 4 is 17.7 Å². The molecule has 36 heavy (non-hydrogen) atoms. The van der Waals surface area contributed by atoms with Gasteiger partial charge in [0.25, 0.3) is 5.91 Å². The molecule has 2 aliphatic heterocycles. The lowest BCUT2D eigenvalue weighted by Gasteiger charge is -2.35. The third-order valence-corrected chi connectivity index (χ3v) is 7.47. The highest BCUT2D eigenvalue weighted by Gasteiger charge is 2.26. The summed E-state index contributed by atoms with van der Waals surface area (Å²) >= 11 is 0. The smallest absolute Gasteiger partial charge is 0.409 e. The molecule has 1 aromatic heterocycles. The lowest BCUT2D eigenvalue weighted by atomic mass is 10.0. The van der Waals surface area contributed by atoms with Crippen LogP contribution in [0.3, 0.4) is 0 Å². The van der Waals surface area contributed by atoms with Crippen molar-refractivity contribution in [1.29, 1.82) is 0 Å². The molecule has 0 bridgehead atoms. The van der Waals surface area contributed by atoms with Gasteiger partial charge in [-0.15, -0.1) is 0 Å². The zero-order valence-corrected chi connectivity index (χ0v) is 22.1. The summed E-state index contributed by atoms with van der Waals surface area (Å²) in [5, 5.41) is 8.37. The number of piperidine rings is 1. The van der Waals surface area contributed by atoms with Gasteiger partial charge in [-0.05, 0) is 64.8 Å². The first kappa shape index (κ1) is 26.0. The maximum atomic E-state index is 13.0. The third-order valence-electron chi connectivity index (χ3n) is 7.47. The monoisotopic (exact) mass is 496 g/mol. The first-order chi connectivity index (χ1) is 17.4. The molecule has 2 saturated heterocycles. The number of hydrogen-bond donors (Lipinski definition) is 1. The minimum Gasteiger partial charge on any atom is -0.450 e. The summed E-state index contributed by atoms with van der Waals surface area (Å²) < 4.78 is 7.14. The predicted molar refractivity (Wildman–Crippen MR) is 140 cm³/mol. The van der Waals surface area contributed by atoms with Gasteiger partial charge in [-0.3, -0.25) is 9.48 Å². The SMILES string of the molecule is CCOC(=O)N1CCN(C(=O)c2ccc(N3CCC(NCc4c(C)nn(CC)c4C)CC3)cc2)CC1. The Morgan fingerprint density at radius 1 is 0.972 bits per heavy atom. The van der Waals surface area contributed by atoms with E-state index in [1.165, 1.54) is 11.3 Å².